The molecule has 21 heavy (non-hydrogen) atoms. The van der Waals surface area contributed by atoms with Crippen molar-refractivity contribution in [2.75, 3.05) is 19.8 Å². The van der Waals surface area contributed by atoms with Gasteiger partial charge in [-0.2, -0.15) is 0 Å². The van der Waals surface area contributed by atoms with E-state index in [2.05, 4.69) is 26.1 Å². The summed E-state index contributed by atoms with van der Waals surface area (Å²) in [5.74, 6) is 0.619. The maximum absolute atomic E-state index is 12.3. The third-order valence-electron chi connectivity index (χ3n) is 4.13. The summed E-state index contributed by atoms with van der Waals surface area (Å²) in [4.78, 5) is 12.3. The van der Waals surface area contributed by atoms with Crippen molar-refractivity contribution in [1.82, 2.24) is 5.32 Å². The first-order chi connectivity index (χ1) is 10.0. The lowest BCUT2D eigenvalue weighted by Gasteiger charge is -2.28. The highest BCUT2D eigenvalue weighted by molar-refractivity contribution is 5.81. The third kappa shape index (κ3) is 5.95. The summed E-state index contributed by atoms with van der Waals surface area (Å²) in [6.07, 6.45) is 6.00. The van der Waals surface area contributed by atoms with E-state index in [1.165, 1.54) is 6.42 Å². The Balaban J connectivity index is 2.45. The van der Waals surface area contributed by atoms with Crippen LogP contribution in [0.5, 0.6) is 0 Å². The topological polar surface area (TPSA) is 47.6 Å². The van der Waals surface area contributed by atoms with Crippen molar-refractivity contribution < 1.29 is 14.3 Å². The quantitative estimate of drug-likeness (QED) is 0.497. The Bertz CT molecular complexity index is 306. The molecule has 1 saturated carbocycles. The van der Waals surface area contributed by atoms with E-state index in [1.807, 2.05) is 6.92 Å². The van der Waals surface area contributed by atoms with Crippen molar-refractivity contribution in [3.05, 3.63) is 0 Å². The summed E-state index contributed by atoms with van der Waals surface area (Å²) < 4.78 is 11.2. The number of ether oxygens (including phenoxy) is 2. The average molecular weight is 299 g/mol. The summed E-state index contributed by atoms with van der Waals surface area (Å²) in [6.45, 7) is 10.5. The highest BCUT2D eigenvalue weighted by Crippen LogP contribution is 2.33. The van der Waals surface area contributed by atoms with Gasteiger partial charge in [0.2, 0.25) is 0 Å². The molecule has 0 aromatic rings. The third-order valence-corrected chi connectivity index (χ3v) is 4.13. The van der Waals surface area contributed by atoms with Crippen molar-refractivity contribution in [2.24, 2.45) is 5.92 Å². The molecule has 0 saturated heterocycles. The normalized spacial score (nSPS) is 25.5. The van der Waals surface area contributed by atoms with Crippen LogP contribution in [0.25, 0.3) is 0 Å². The Labute approximate surface area is 130 Å². The second kappa shape index (κ2) is 9.42. The summed E-state index contributed by atoms with van der Waals surface area (Å²) >= 11 is 0. The number of carbonyl (C=O) groups excluding carboxylic acids is 1. The van der Waals surface area contributed by atoms with Gasteiger partial charge < -0.3 is 14.8 Å². The molecule has 0 amide bonds. The Kier molecular flexibility index (Phi) is 8.27. The molecule has 2 unspecified atom stereocenters. The first-order valence-electron chi connectivity index (χ1n) is 8.58. The standard InChI is InChI=1S/C17H33NO3/c1-5-11-18-17(16(19)20-6-2)10-9-15(13-17)21-12-7-8-14(3)4/h14-15,18H,5-13H2,1-4H3. The molecule has 1 aliphatic rings. The van der Waals surface area contributed by atoms with Crippen LogP contribution in [0.2, 0.25) is 0 Å². The molecule has 1 fully saturated rings. The Morgan fingerprint density at radius 1 is 1.38 bits per heavy atom. The highest BCUT2D eigenvalue weighted by Gasteiger charge is 2.46. The maximum atomic E-state index is 12.3. The molecule has 0 heterocycles. The molecule has 0 spiro atoms. The molecule has 4 nitrogen and oxygen atoms in total. The molecular weight excluding hydrogens is 266 g/mol. The monoisotopic (exact) mass is 299 g/mol. The number of hydrogen-bond acceptors (Lipinski definition) is 4. The van der Waals surface area contributed by atoms with E-state index in [4.69, 9.17) is 9.47 Å². The van der Waals surface area contributed by atoms with E-state index >= 15 is 0 Å². The molecule has 4 heteroatoms. The Hall–Kier alpha value is -0.610. The van der Waals surface area contributed by atoms with E-state index in [9.17, 15) is 4.79 Å². The molecule has 0 radical (unpaired) electrons. The molecule has 1 rings (SSSR count). The van der Waals surface area contributed by atoms with Crippen LogP contribution in [-0.2, 0) is 14.3 Å². The zero-order valence-electron chi connectivity index (χ0n) is 14.2. The minimum Gasteiger partial charge on any atom is -0.465 e. The molecule has 2 atom stereocenters. The molecule has 1 aliphatic carbocycles. The van der Waals surface area contributed by atoms with Crippen LogP contribution >= 0.6 is 0 Å². The van der Waals surface area contributed by atoms with Crippen LogP contribution < -0.4 is 5.32 Å². The number of esters is 1. The van der Waals surface area contributed by atoms with E-state index in [0.717, 1.165) is 51.2 Å². The van der Waals surface area contributed by atoms with Crippen molar-refractivity contribution in [1.29, 1.82) is 0 Å². The second-order valence-electron chi connectivity index (χ2n) is 6.50. The lowest BCUT2D eigenvalue weighted by atomic mass is 9.97. The fourth-order valence-corrected chi connectivity index (χ4v) is 2.94. The molecule has 0 aliphatic heterocycles. The number of nitrogens with one attached hydrogen (secondary N) is 1. The Morgan fingerprint density at radius 3 is 2.76 bits per heavy atom. The van der Waals surface area contributed by atoms with Gasteiger partial charge in [-0.25, -0.2) is 0 Å². The zero-order chi connectivity index (χ0) is 15.7. The van der Waals surface area contributed by atoms with Crippen LogP contribution in [0.4, 0.5) is 0 Å². The van der Waals surface area contributed by atoms with E-state index in [-0.39, 0.29) is 12.1 Å². The average Bonchev–Trinajstić information content (AvgIpc) is 2.86. The summed E-state index contributed by atoms with van der Waals surface area (Å²) in [5, 5.41) is 3.41. The predicted octanol–water partition coefficient (Wildman–Crippen LogP) is 3.29. The minimum absolute atomic E-state index is 0.105. The predicted molar refractivity (Wildman–Crippen MR) is 85.3 cm³/mol. The number of hydrogen-bond donors (Lipinski definition) is 1. The second-order valence-corrected chi connectivity index (χ2v) is 6.50. The van der Waals surface area contributed by atoms with Gasteiger partial charge in [0, 0.05) is 13.0 Å². The van der Waals surface area contributed by atoms with Crippen molar-refractivity contribution >= 4 is 5.97 Å². The van der Waals surface area contributed by atoms with Crippen molar-refractivity contribution in [3.63, 3.8) is 0 Å². The SMILES string of the molecule is CCCNC1(C(=O)OCC)CCC(OCCCC(C)C)C1. The van der Waals surface area contributed by atoms with Crippen LogP contribution in [0, 0.1) is 5.92 Å². The van der Waals surface area contributed by atoms with Gasteiger partial charge >= 0.3 is 5.97 Å². The van der Waals surface area contributed by atoms with Gasteiger partial charge in [0.15, 0.2) is 0 Å². The van der Waals surface area contributed by atoms with Crippen LogP contribution in [-0.4, -0.2) is 37.4 Å². The first-order valence-corrected chi connectivity index (χ1v) is 8.58. The molecule has 0 bridgehead atoms. The van der Waals surface area contributed by atoms with E-state index in [1.54, 1.807) is 0 Å². The fraction of sp³-hybridized carbons (Fsp3) is 0.941. The van der Waals surface area contributed by atoms with Gasteiger partial charge in [-0.15, -0.1) is 0 Å². The zero-order valence-corrected chi connectivity index (χ0v) is 14.2. The van der Waals surface area contributed by atoms with Gasteiger partial charge in [-0.05, 0) is 51.5 Å². The minimum atomic E-state index is -0.519. The lowest BCUT2D eigenvalue weighted by molar-refractivity contribution is -0.151. The molecule has 1 N–H and O–H groups in total. The van der Waals surface area contributed by atoms with Crippen LogP contribution in [0.1, 0.15) is 66.2 Å². The van der Waals surface area contributed by atoms with Crippen molar-refractivity contribution in [2.45, 2.75) is 77.9 Å². The van der Waals surface area contributed by atoms with Crippen LogP contribution in [0.15, 0.2) is 0 Å². The van der Waals surface area contributed by atoms with Gasteiger partial charge in [0.1, 0.15) is 5.54 Å². The number of carbonyl (C=O) groups is 1. The maximum Gasteiger partial charge on any atom is 0.326 e. The lowest BCUT2D eigenvalue weighted by Crippen LogP contribution is -2.51. The van der Waals surface area contributed by atoms with Gasteiger partial charge in [-0.3, -0.25) is 4.79 Å². The summed E-state index contributed by atoms with van der Waals surface area (Å²) in [5.41, 5.74) is -0.519. The molecule has 0 aromatic heterocycles. The van der Waals surface area contributed by atoms with Gasteiger partial charge in [0.25, 0.3) is 0 Å². The summed E-state index contributed by atoms with van der Waals surface area (Å²) in [6, 6.07) is 0. The van der Waals surface area contributed by atoms with E-state index < -0.39 is 5.54 Å². The Morgan fingerprint density at radius 2 is 2.14 bits per heavy atom. The summed E-state index contributed by atoms with van der Waals surface area (Å²) in [7, 11) is 0. The first kappa shape index (κ1) is 18.4. The van der Waals surface area contributed by atoms with Gasteiger partial charge in [-0.1, -0.05) is 20.8 Å². The number of rotatable bonds is 10. The van der Waals surface area contributed by atoms with Crippen molar-refractivity contribution in [3.8, 4) is 0 Å². The van der Waals surface area contributed by atoms with Gasteiger partial charge in [0.05, 0.1) is 12.7 Å². The molecule has 124 valence electrons. The van der Waals surface area contributed by atoms with E-state index in [0.29, 0.717) is 6.61 Å². The molecular formula is C17H33NO3. The fourth-order valence-electron chi connectivity index (χ4n) is 2.94. The smallest absolute Gasteiger partial charge is 0.326 e. The largest absolute Gasteiger partial charge is 0.465 e. The molecule has 0 aromatic carbocycles. The van der Waals surface area contributed by atoms with Crippen LogP contribution in [0.3, 0.4) is 0 Å². The highest BCUT2D eigenvalue weighted by atomic mass is 16.5.